The molecule has 1 heterocycles. The molecule has 0 spiro atoms. The van der Waals surface area contributed by atoms with Gasteiger partial charge in [0, 0.05) is 36.0 Å². The van der Waals surface area contributed by atoms with Crippen LogP contribution >= 0.6 is 0 Å². The first kappa shape index (κ1) is 25.7. The summed E-state index contributed by atoms with van der Waals surface area (Å²) in [7, 11) is 0. The predicted octanol–water partition coefficient (Wildman–Crippen LogP) is 4.16. The van der Waals surface area contributed by atoms with E-state index in [0.29, 0.717) is 50.0 Å². The molecule has 8 heteroatoms. The van der Waals surface area contributed by atoms with Crippen molar-refractivity contribution in [2.24, 2.45) is 4.99 Å². The average Bonchev–Trinajstić information content (AvgIpc) is 2.88. The van der Waals surface area contributed by atoms with Gasteiger partial charge in [0.25, 0.3) is 5.56 Å². The molecule has 0 atom stereocenters. The molecule has 0 radical (unpaired) electrons. The fourth-order valence-corrected chi connectivity index (χ4v) is 5.11. The summed E-state index contributed by atoms with van der Waals surface area (Å²) in [6.45, 7) is 6.80. The monoisotopic (exact) mass is 494 g/mol. The van der Waals surface area contributed by atoms with Crippen LogP contribution in [0.3, 0.4) is 0 Å². The number of benzene rings is 2. The molecule has 0 bridgehead atoms. The molecular weight excluding hydrogens is 462 g/mol. The molecule has 0 unspecified atom stereocenters. The van der Waals surface area contributed by atoms with Gasteiger partial charge in [-0.3, -0.25) is 18.9 Å². The number of nitrogens with one attached hydrogen (secondary N) is 1. The summed E-state index contributed by atoms with van der Waals surface area (Å²) in [6.07, 6.45) is 5.00. The molecule has 1 aromatic heterocycles. The molecule has 1 fully saturated rings. The lowest BCUT2D eigenvalue weighted by Crippen LogP contribution is -2.42. The zero-order chi connectivity index (χ0) is 25.7. The van der Waals surface area contributed by atoms with E-state index in [0.717, 1.165) is 24.5 Å². The van der Waals surface area contributed by atoms with Crippen LogP contribution in [-0.2, 0) is 18.6 Å². The molecule has 1 N–H and O–H groups in total. The SMILES string of the molecule is C=NC1(c2ccc(F)cc2F)CCC(NCCCn2c(=O)c(C)cn(Cc3ccccc3)c2=O)CC1. The quantitative estimate of drug-likeness (QED) is 0.359. The highest BCUT2D eigenvalue weighted by atomic mass is 19.1. The summed E-state index contributed by atoms with van der Waals surface area (Å²) in [6, 6.07) is 13.5. The number of hydrogen-bond acceptors (Lipinski definition) is 4. The molecule has 1 saturated carbocycles. The molecule has 4 rings (SSSR count). The standard InChI is InChI=1S/C28H32F2N4O2/c1-20-18-33(19-21-7-4-3-5-8-21)27(36)34(26(20)35)16-6-15-32-23-11-13-28(31-2,14-12-23)24-10-9-22(29)17-25(24)30/h3-5,7-10,17-18,23,32H,2,6,11-16,19H2,1H3. The van der Waals surface area contributed by atoms with Crippen molar-refractivity contribution < 1.29 is 8.78 Å². The van der Waals surface area contributed by atoms with E-state index in [2.05, 4.69) is 17.0 Å². The smallest absolute Gasteiger partial charge is 0.314 e. The minimum Gasteiger partial charge on any atom is -0.314 e. The molecule has 1 aliphatic rings. The molecule has 0 aliphatic heterocycles. The lowest BCUT2D eigenvalue weighted by Gasteiger charge is -2.38. The van der Waals surface area contributed by atoms with E-state index in [1.807, 2.05) is 30.3 Å². The summed E-state index contributed by atoms with van der Waals surface area (Å²) in [5.41, 5.74) is 0.610. The molecule has 2 aromatic carbocycles. The predicted molar refractivity (Wildman–Crippen MR) is 138 cm³/mol. The third kappa shape index (κ3) is 5.54. The lowest BCUT2D eigenvalue weighted by atomic mass is 9.75. The highest BCUT2D eigenvalue weighted by molar-refractivity contribution is 5.34. The van der Waals surface area contributed by atoms with E-state index >= 15 is 0 Å². The van der Waals surface area contributed by atoms with Crippen molar-refractivity contribution in [3.63, 3.8) is 0 Å². The first-order chi connectivity index (χ1) is 17.3. The molecule has 0 amide bonds. The van der Waals surface area contributed by atoms with Crippen LogP contribution in [0.15, 0.2) is 69.3 Å². The van der Waals surface area contributed by atoms with Crippen LogP contribution in [0.5, 0.6) is 0 Å². The van der Waals surface area contributed by atoms with E-state index in [4.69, 9.17) is 0 Å². The first-order valence-corrected chi connectivity index (χ1v) is 12.3. The van der Waals surface area contributed by atoms with Crippen LogP contribution in [0.25, 0.3) is 0 Å². The van der Waals surface area contributed by atoms with Gasteiger partial charge in [-0.05, 0) is 63.9 Å². The molecule has 190 valence electrons. The molecule has 6 nitrogen and oxygen atoms in total. The Labute approximate surface area is 209 Å². The second-order valence-corrected chi connectivity index (χ2v) is 9.56. The van der Waals surface area contributed by atoms with Crippen LogP contribution in [0, 0.1) is 18.6 Å². The average molecular weight is 495 g/mol. The Kier molecular flexibility index (Phi) is 7.94. The normalized spacial score (nSPS) is 19.8. The number of hydrogen-bond donors (Lipinski definition) is 1. The largest absolute Gasteiger partial charge is 0.331 e. The van der Waals surface area contributed by atoms with Crippen LogP contribution < -0.4 is 16.6 Å². The zero-order valence-corrected chi connectivity index (χ0v) is 20.6. The molecule has 1 aliphatic carbocycles. The fourth-order valence-electron chi connectivity index (χ4n) is 5.11. The van der Waals surface area contributed by atoms with Crippen LogP contribution in [0.2, 0.25) is 0 Å². The summed E-state index contributed by atoms with van der Waals surface area (Å²) in [5.74, 6) is -1.19. The van der Waals surface area contributed by atoms with Crippen molar-refractivity contribution in [3.05, 3.63) is 104 Å². The number of aliphatic imine (C=N–C) groups is 1. The van der Waals surface area contributed by atoms with Gasteiger partial charge in [-0.15, -0.1) is 0 Å². The van der Waals surface area contributed by atoms with Crippen molar-refractivity contribution in [3.8, 4) is 0 Å². The summed E-state index contributed by atoms with van der Waals surface area (Å²) in [5, 5.41) is 3.50. The second kappa shape index (κ2) is 11.1. The van der Waals surface area contributed by atoms with Crippen molar-refractivity contribution in [2.45, 2.75) is 63.7 Å². The topological polar surface area (TPSA) is 68.4 Å². The van der Waals surface area contributed by atoms with Gasteiger partial charge < -0.3 is 5.32 Å². The maximum atomic E-state index is 14.4. The van der Waals surface area contributed by atoms with Crippen LogP contribution in [0.1, 0.15) is 48.8 Å². The number of aromatic nitrogens is 2. The lowest BCUT2D eigenvalue weighted by molar-refractivity contribution is 0.248. The second-order valence-electron chi connectivity index (χ2n) is 9.56. The van der Waals surface area contributed by atoms with Crippen LogP contribution in [-0.4, -0.2) is 28.4 Å². The Morgan fingerprint density at radius 2 is 1.83 bits per heavy atom. The van der Waals surface area contributed by atoms with Gasteiger partial charge in [-0.25, -0.2) is 13.6 Å². The van der Waals surface area contributed by atoms with Gasteiger partial charge in [-0.1, -0.05) is 36.4 Å². The van der Waals surface area contributed by atoms with Crippen molar-refractivity contribution in [1.82, 2.24) is 14.5 Å². The number of halogens is 2. The van der Waals surface area contributed by atoms with E-state index in [9.17, 15) is 18.4 Å². The molecule has 36 heavy (non-hydrogen) atoms. The summed E-state index contributed by atoms with van der Waals surface area (Å²) in [4.78, 5) is 29.9. The van der Waals surface area contributed by atoms with Crippen molar-refractivity contribution in [1.29, 1.82) is 0 Å². The Hall–Kier alpha value is -3.39. The van der Waals surface area contributed by atoms with Gasteiger partial charge in [0.1, 0.15) is 11.6 Å². The third-order valence-corrected chi connectivity index (χ3v) is 7.14. The minimum absolute atomic E-state index is 0.215. The molecule has 3 aromatic rings. The number of aryl methyl sites for hydroxylation is 1. The number of nitrogens with zero attached hydrogens (tertiary/aromatic N) is 3. The van der Waals surface area contributed by atoms with Crippen molar-refractivity contribution >= 4 is 6.72 Å². The van der Waals surface area contributed by atoms with Crippen LogP contribution in [0.4, 0.5) is 8.78 Å². The Balaban J connectivity index is 1.34. The zero-order valence-electron chi connectivity index (χ0n) is 20.6. The molecule has 0 saturated heterocycles. The summed E-state index contributed by atoms with van der Waals surface area (Å²) >= 11 is 0. The van der Waals surface area contributed by atoms with Gasteiger partial charge in [0.15, 0.2) is 0 Å². The van der Waals surface area contributed by atoms with E-state index in [1.54, 1.807) is 17.7 Å². The van der Waals surface area contributed by atoms with Gasteiger partial charge >= 0.3 is 5.69 Å². The van der Waals surface area contributed by atoms with Crippen molar-refractivity contribution in [2.75, 3.05) is 6.54 Å². The van der Waals surface area contributed by atoms with Gasteiger partial charge in [0.05, 0.1) is 12.1 Å². The maximum absolute atomic E-state index is 14.4. The van der Waals surface area contributed by atoms with E-state index in [1.165, 1.54) is 16.7 Å². The van der Waals surface area contributed by atoms with E-state index in [-0.39, 0.29) is 17.3 Å². The first-order valence-electron chi connectivity index (χ1n) is 12.3. The van der Waals surface area contributed by atoms with Gasteiger partial charge in [-0.2, -0.15) is 0 Å². The summed E-state index contributed by atoms with van der Waals surface area (Å²) < 4.78 is 30.7. The fraction of sp³-hybridized carbons (Fsp3) is 0.393. The highest BCUT2D eigenvalue weighted by Gasteiger charge is 2.37. The Morgan fingerprint density at radius 3 is 2.50 bits per heavy atom. The third-order valence-electron chi connectivity index (χ3n) is 7.14. The highest BCUT2D eigenvalue weighted by Crippen LogP contribution is 2.41. The number of rotatable bonds is 9. The van der Waals surface area contributed by atoms with E-state index < -0.39 is 17.2 Å². The Morgan fingerprint density at radius 1 is 1.11 bits per heavy atom. The van der Waals surface area contributed by atoms with Gasteiger partial charge in [0.2, 0.25) is 0 Å². The minimum atomic E-state index is -0.741. The Bertz CT molecular complexity index is 1330. The molecular formula is C28H32F2N4O2. The maximum Gasteiger partial charge on any atom is 0.331 e.